The quantitative estimate of drug-likeness (QED) is 0.911. The van der Waals surface area contributed by atoms with Crippen molar-refractivity contribution in [1.82, 2.24) is 4.98 Å². The van der Waals surface area contributed by atoms with Crippen LogP contribution in [0.5, 0.6) is 0 Å². The van der Waals surface area contributed by atoms with E-state index in [-0.39, 0.29) is 5.25 Å². The fraction of sp³-hybridized carbons (Fsp3) is 0.429. The summed E-state index contributed by atoms with van der Waals surface area (Å²) < 4.78 is 2.17. The molecule has 3 rings (SSSR count). The summed E-state index contributed by atoms with van der Waals surface area (Å²) in [6.45, 7) is 0. The molecule has 0 saturated heterocycles. The molecule has 0 aliphatic heterocycles. The van der Waals surface area contributed by atoms with Gasteiger partial charge in [0.2, 0.25) is 0 Å². The monoisotopic (exact) mass is 308 g/mol. The van der Waals surface area contributed by atoms with E-state index in [4.69, 9.17) is 5.73 Å². The topological polar surface area (TPSA) is 76.2 Å². The van der Waals surface area contributed by atoms with E-state index in [1.807, 2.05) is 18.2 Å². The Kier molecular flexibility index (Phi) is 3.70. The van der Waals surface area contributed by atoms with Gasteiger partial charge in [-0.2, -0.15) is 0 Å². The number of hydrogen-bond acceptors (Lipinski definition) is 5. The van der Waals surface area contributed by atoms with E-state index in [2.05, 4.69) is 11.1 Å². The number of nitrogens with zero attached hydrogens (tertiary/aromatic N) is 1. The van der Waals surface area contributed by atoms with Crippen molar-refractivity contribution in [1.29, 1.82) is 0 Å². The summed E-state index contributed by atoms with van der Waals surface area (Å²) in [4.78, 5) is 15.9. The van der Waals surface area contributed by atoms with Crippen LogP contribution in [0.15, 0.2) is 28.6 Å². The summed E-state index contributed by atoms with van der Waals surface area (Å²) in [6, 6.07) is 8.04. The van der Waals surface area contributed by atoms with E-state index in [0.717, 1.165) is 22.7 Å². The molecule has 0 bridgehead atoms. The number of carboxylic acid groups (broad SMARTS) is 1. The summed E-state index contributed by atoms with van der Waals surface area (Å²) in [7, 11) is 0. The average molecular weight is 308 g/mol. The van der Waals surface area contributed by atoms with Crippen LogP contribution in [0.2, 0.25) is 0 Å². The molecule has 0 amide bonds. The molecule has 20 heavy (non-hydrogen) atoms. The lowest BCUT2D eigenvalue weighted by Crippen LogP contribution is -2.51. The van der Waals surface area contributed by atoms with E-state index in [1.165, 1.54) is 4.70 Å². The summed E-state index contributed by atoms with van der Waals surface area (Å²) in [6.07, 6.45) is 2.96. The van der Waals surface area contributed by atoms with E-state index < -0.39 is 11.5 Å². The fourth-order valence-electron chi connectivity index (χ4n) is 2.59. The predicted octanol–water partition coefficient (Wildman–Crippen LogP) is 3.11. The number of para-hydroxylation sites is 1. The van der Waals surface area contributed by atoms with E-state index in [9.17, 15) is 9.90 Å². The number of aliphatic carboxylic acids is 1. The largest absolute Gasteiger partial charge is 0.480 e. The summed E-state index contributed by atoms with van der Waals surface area (Å²) in [5.74, 6) is -0.882. The maximum Gasteiger partial charge on any atom is 0.323 e. The number of fused-ring (bicyclic) bond motifs is 1. The standard InChI is InChI=1S/C14H16N2O2S2/c15-14(12(17)18)7-3-4-9(8-14)19-13-16-10-5-1-2-6-11(10)20-13/h1-2,5-6,9H,3-4,7-8,15H2,(H,17,18). The van der Waals surface area contributed by atoms with Gasteiger partial charge in [0.15, 0.2) is 4.34 Å². The zero-order chi connectivity index (χ0) is 14.2. The molecule has 2 atom stereocenters. The molecule has 1 saturated carbocycles. The summed E-state index contributed by atoms with van der Waals surface area (Å²) in [5.41, 5.74) is 5.94. The van der Waals surface area contributed by atoms with Gasteiger partial charge in [-0.3, -0.25) is 4.79 Å². The number of thiazole rings is 1. The SMILES string of the molecule is NC1(C(=O)O)CCCC(Sc2nc3ccccc3s2)C1. The van der Waals surface area contributed by atoms with Crippen LogP contribution >= 0.6 is 23.1 Å². The highest BCUT2D eigenvalue weighted by atomic mass is 32.2. The van der Waals surface area contributed by atoms with Crippen molar-refractivity contribution in [3.05, 3.63) is 24.3 Å². The second kappa shape index (κ2) is 5.35. The van der Waals surface area contributed by atoms with Gasteiger partial charge in [0.1, 0.15) is 5.54 Å². The Morgan fingerprint density at radius 2 is 2.30 bits per heavy atom. The van der Waals surface area contributed by atoms with Gasteiger partial charge >= 0.3 is 5.97 Å². The van der Waals surface area contributed by atoms with Gasteiger partial charge in [0, 0.05) is 5.25 Å². The average Bonchev–Trinajstić information content (AvgIpc) is 2.80. The van der Waals surface area contributed by atoms with Crippen molar-refractivity contribution in [2.45, 2.75) is 40.8 Å². The van der Waals surface area contributed by atoms with Gasteiger partial charge in [0.25, 0.3) is 0 Å². The third-order valence-corrected chi connectivity index (χ3v) is 6.11. The number of benzene rings is 1. The van der Waals surface area contributed by atoms with E-state index in [0.29, 0.717) is 12.8 Å². The molecule has 0 radical (unpaired) electrons. The number of thioether (sulfide) groups is 1. The minimum absolute atomic E-state index is 0.241. The molecular weight excluding hydrogens is 292 g/mol. The van der Waals surface area contributed by atoms with Gasteiger partial charge in [-0.1, -0.05) is 23.9 Å². The first kappa shape index (κ1) is 13.9. The normalized spacial score (nSPS) is 26.8. The summed E-state index contributed by atoms with van der Waals surface area (Å²) >= 11 is 3.34. The third-order valence-electron chi connectivity index (χ3n) is 3.71. The number of nitrogens with two attached hydrogens (primary N) is 1. The number of carbonyl (C=O) groups is 1. The second-order valence-corrected chi connectivity index (χ2v) is 7.82. The van der Waals surface area contributed by atoms with Crippen LogP contribution in [0.4, 0.5) is 0 Å². The molecule has 1 aromatic heterocycles. The van der Waals surface area contributed by atoms with Gasteiger partial charge in [-0.15, -0.1) is 11.3 Å². The van der Waals surface area contributed by atoms with E-state index >= 15 is 0 Å². The molecule has 2 unspecified atom stereocenters. The van der Waals surface area contributed by atoms with Gasteiger partial charge < -0.3 is 10.8 Å². The molecule has 106 valence electrons. The van der Waals surface area contributed by atoms with Crippen LogP contribution < -0.4 is 5.73 Å². The lowest BCUT2D eigenvalue weighted by Gasteiger charge is -2.33. The zero-order valence-corrected chi connectivity index (χ0v) is 12.5. The Morgan fingerprint density at radius 1 is 1.50 bits per heavy atom. The van der Waals surface area contributed by atoms with Crippen molar-refractivity contribution in [2.75, 3.05) is 0 Å². The minimum atomic E-state index is -1.06. The molecule has 4 nitrogen and oxygen atoms in total. The Bertz CT molecular complexity index is 610. The van der Waals surface area contributed by atoms with Crippen LogP contribution in [-0.4, -0.2) is 26.8 Å². The minimum Gasteiger partial charge on any atom is -0.480 e. The van der Waals surface area contributed by atoms with Gasteiger partial charge in [0.05, 0.1) is 10.2 Å². The maximum atomic E-state index is 11.3. The molecule has 3 N–H and O–H groups in total. The van der Waals surface area contributed by atoms with Crippen molar-refractivity contribution in [3.63, 3.8) is 0 Å². The Morgan fingerprint density at radius 3 is 3.05 bits per heavy atom. The number of carboxylic acids is 1. The van der Waals surface area contributed by atoms with Crippen LogP contribution in [0, 0.1) is 0 Å². The Hall–Kier alpha value is -1.11. The fourth-order valence-corrected chi connectivity index (χ4v) is 5.26. The molecule has 0 spiro atoms. The van der Waals surface area contributed by atoms with Crippen LogP contribution in [-0.2, 0) is 4.79 Å². The van der Waals surface area contributed by atoms with Gasteiger partial charge in [-0.05, 0) is 37.8 Å². The van der Waals surface area contributed by atoms with Crippen LogP contribution in [0.3, 0.4) is 0 Å². The molecule has 1 aromatic carbocycles. The van der Waals surface area contributed by atoms with Gasteiger partial charge in [-0.25, -0.2) is 4.98 Å². The molecule has 1 aliphatic rings. The molecule has 1 fully saturated rings. The first-order valence-electron chi connectivity index (χ1n) is 6.61. The van der Waals surface area contributed by atoms with Crippen molar-refractivity contribution in [2.24, 2.45) is 5.73 Å². The lowest BCUT2D eigenvalue weighted by molar-refractivity contribution is -0.144. The predicted molar refractivity (Wildman–Crippen MR) is 82.3 cm³/mol. The molecule has 1 heterocycles. The molecule has 1 aliphatic carbocycles. The van der Waals surface area contributed by atoms with Crippen molar-refractivity contribution in [3.8, 4) is 0 Å². The second-order valence-electron chi connectivity index (χ2n) is 5.25. The van der Waals surface area contributed by atoms with Crippen LogP contribution in [0.1, 0.15) is 25.7 Å². The highest BCUT2D eigenvalue weighted by Crippen LogP contribution is 2.39. The first-order chi connectivity index (χ1) is 9.57. The van der Waals surface area contributed by atoms with Crippen LogP contribution in [0.25, 0.3) is 10.2 Å². The molecule has 6 heteroatoms. The van der Waals surface area contributed by atoms with Crippen molar-refractivity contribution < 1.29 is 9.90 Å². The first-order valence-corrected chi connectivity index (χ1v) is 8.31. The van der Waals surface area contributed by atoms with Crippen molar-refractivity contribution >= 4 is 39.3 Å². The third kappa shape index (κ3) is 2.68. The Labute approximate surface area is 125 Å². The molecule has 2 aromatic rings. The maximum absolute atomic E-state index is 11.3. The summed E-state index contributed by atoms with van der Waals surface area (Å²) in [5, 5.41) is 9.49. The number of hydrogen-bond donors (Lipinski definition) is 2. The zero-order valence-electron chi connectivity index (χ0n) is 10.9. The number of rotatable bonds is 3. The highest BCUT2D eigenvalue weighted by Gasteiger charge is 2.39. The lowest BCUT2D eigenvalue weighted by atomic mass is 9.82. The smallest absolute Gasteiger partial charge is 0.323 e. The Balaban J connectivity index is 1.75. The van der Waals surface area contributed by atoms with E-state index in [1.54, 1.807) is 23.1 Å². The number of aromatic nitrogens is 1. The molecular formula is C14H16N2O2S2. The highest BCUT2D eigenvalue weighted by molar-refractivity contribution is 8.01.